The average Bonchev–Trinajstić information content (AvgIpc) is 2.70. The lowest BCUT2D eigenvalue weighted by atomic mass is 9.79. The van der Waals surface area contributed by atoms with Crippen molar-refractivity contribution < 1.29 is 13.6 Å². The van der Waals surface area contributed by atoms with Crippen LogP contribution in [0.15, 0.2) is 54.2 Å². The van der Waals surface area contributed by atoms with Crippen LogP contribution in [0.1, 0.15) is 24.9 Å². The molecule has 0 unspecified atom stereocenters. The number of carbonyl (C=O) groups excluding carboxylic acids is 1. The number of allylic oxidation sites excluding steroid dienone is 1. The van der Waals surface area contributed by atoms with Gasteiger partial charge in [-0.15, -0.1) is 0 Å². The molecule has 0 bridgehead atoms. The van der Waals surface area contributed by atoms with Crippen LogP contribution in [0.2, 0.25) is 0 Å². The molecule has 0 radical (unpaired) electrons. The fourth-order valence-electron chi connectivity index (χ4n) is 3.73. The van der Waals surface area contributed by atoms with Crippen molar-refractivity contribution in [3.63, 3.8) is 0 Å². The minimum Gasteiger partial charge on any atom is -0.375 e. The van der Waals surface area contributed by atoms with Crippen molar-refractivity contribution in [1.29, 1.82) is 0 Å². The normalized spacial score (nSPS) is 25.0. The standard InChI is InChI=1S/C20H18F2N2O/c1-11-6-17-19(18(25)7-11)20(12-8-13(21)10-14(22)9-12)24-16-5-3-2-4-15(16)23-17/h2-6,8-11,19-20,23-24H,7H2,1H3/t11-,19-,20-/m1/s1. The Morgan fingerprint density at radius 2 is 1.72 bits per heavy atom. The van der Waals surface area contributed by atoms with Crippen molar-refractivity contribution >= 4 is 17.2 Å². The number of para-hydroxylation sites is 2. The van der Waals surface area contributed by atoms with Crippen LogP contribution in [0.3, 0.4) is 0 Å². The predicted molar refractivity (Wildman–Crippen MR) is 93.1 cm³/mol. The van der Waals surface area contributed by atoms with E-state index in [1.807, 2.05) is 37.3 Å². The van der Waals surface area contributed by atoms with Crippen LogP contribution in [0.4, 0.5) is 20.2 Å². The van der Waals surface area contributed by atoms with Gasteiger partial charge in [0, 0.05) is 18.2 Å². The van der Waals surface area contributed by atoms with Gasteiger partial charge in [0.15, 0.2) is 0 Å². The number of nitrogens with one attached hydrogen (secondary N) is 2. The number of halogens is 2. The summed E-state index contributed by atoms with van der Waals surface area (Å²) in [7, 11) is 0. The number of ketones is 1. The minimum atomic E-state index is -0.649. The van der Waals surface area contributed by atoms with Crippen LogP contribution in [-0.4, -0.2) is 5.78 Å². The molecule has 0 fully saturated rings. The van der Waals surface area contributed by atoms with Crippen molar-refractivity contribution in [1.82, 2.24) is 0 Å². The molecule has 3 nitrogen and oxygen atoms in total. The number of anilines is 2. The molecule has 0 aromatic heterocycles. The Morgan fingerprint density at radius 3 is 2.44 bits per heavy atom. The van der Waals surface area contributed by atoms with E-state index in [9.17, 15) is 13.6 Å². The second kappa shape index (κ2) is 5.99. The maximum atomic E-state index is 13.8. The lowest BCUT2D eigenvalue weighted by molar-refractivity contribution is -0.123. The van der Waals surface area contributed by atoms with Crippen molar-refractivity contribution in [3.8, 4) is 0 Å². The molecule has 2 aliphatic rings. The van der Waals surface area contributed by atoms with Gasteiger partial charge in [0.25, 0.3) is 0 Å². The molecule has 4 rings (SSSR count). The molecule has 0 saturated carbocycles. The third-order valence-electron chi connectivity index (χ3n) is 4.76. The Morgan fingerprint density at radius 1 is 1.04 bits per heavy atom. The first kappa shape index (κ1) is 15.8. The predicted octanol–water partition coefficient (Wildman–Crippen LogP) is 4.65. The largest absolute Gasteiger partial charge is 0.375 e. The Bertz CT molecular complexity index is 857. The van der Waals surface area contributed by atoms with E-state index in [1.165, 1.54) is 12.1 Å². The summed E-state index contributed by atoms with van der Waals surface area (Å²) in [4.78, 5) is 12.8. The third kappa shape index (κ3) is 2.90. The number of fused-ring (bicyclic) bond motifs is 2. The molecule has 2 aromatic carbocycles. The summed E-state index contributed by atoms with van der Waals surface area (Å²) in [5.74, 6) is -1.62. The van der Waals surface area contributed by atoms with Gasteiger partial charge in [0.2, 0.25) is 0 Å². The van der Waals surface area contributed by atoms with E-state index in [-0.39, 0.29) is 11.7 Å². The van der Waals surface area contributed by atoms with Crippen LogP contribution < -0.4 is 10.6 Å². The molecule has 25 heavy (non-hydrogen) atoms. The van der Waals surface area contributed by atoms with Gasteiger partial charge in [0.1, 0.15) is 17.4 Å². The van der Waals surface area contributed by atoms with E-state index in [0.29, 0.717) is 12.0 Å². The van der Waals surface area contributed by atoms with Gasteiger partial charge in [-0.25, -0.2) is 8.78 Å². The zero-order valence-electron chi connectivity index (χ0n) is 13.7. The van der Waals surface area contributed by atoms with E-state index in [0.717, 1.165) is 23.1 Å². The van der Waals surface area contributed by atoms with Gasteiger partial charge < -0.3 is 10.6 Å². The van der Waals surface area contributed by atoms with Gasteiger partial charge >= 0.3 is 0 Å². The van der Waals surface area contributed by atoms with Gasteiger partial charge in [-0.2, -0.15) is 0 Å². The summed E-state index contributed by atoms with van der Waals surface area (Å²) in [5.41, 5.74) is 2.86. The molecular weight excluding hydrogens is 322 g/mol. The summed E-state index contributed by atoms with van der Waals surface area (Å²) in [5, 5.41) is 6.66. The Kier molecular flexibility index (Phi) is 3.79. The monoisotopic (exact) mass is 340 g/mol. The third-order valence-corrected chi connectivity index (χ3v) is 4.76. The highest BCUT2D eigenvalue weighted by molar-refractivity contribution is 5.89. The van der Waals surface area contributed by atoms with Gasteiger partial charge in [-0.1, -0.05) is 25.1 Å². The molecule has 2 aromatic rings. The summed E-state index contributed by atoms with van der Waals surface area (Å²) in [6, 6.07) is 10.5. The van der Waals surface area contributed by atoms with Gasteiger partial charge in [-0.3, -0.25) is 4.79 Å². The smallest absolute Gasteiger partial charge is 0.144 e. The van der Waals surface area contributed by atoms with Gasteiger partial charge in [0.05, 0.1) is 23.3 Å². The Labute approximate surface area is 144 Å². The van der Waals surface area contributed by atoms with Crippen molar-refractivity contribution in [3.05, 3.63) is 71.4 Å². The first-order valence-corrected chi connectivity index (χ1v) is 8.34. The quantitative estimate of drug-likeness (QED) is 0.794. The van der Waals surface area contributed by atoms with Crippen molar-refractivity contribution in [2.75, 3.05) is 10.6 Å². The second-order valence-corrected chi connectivity index (χ2v) is 6.74. The maximum Gasteiger partial charge on any atom is 0.144 e. The van der Waals surface area contributed by atoms with Crippen LogP contribution in [0.25, 0.3) is 0 Å². The number of carbonyl (C=O) groups is 1. The summed E-state index contributed by atoms with van der Waals surface area (Å²) in [6.07, 6.45) is 2.46. The first-order valence-electron chi connectivity index (χ1n) is 8.34. The average molecular weight is 340 g/mol. The molecule has 128 valence electrons. The van der Waals surface area contributed by atoms with E-state index in [1.54, 1.807) is 0 Å². The van der Waals surface area contributed by atoms with Crippen LogP contribution in [0.5, 0.6) is 0 Å². The Hall–Kier alpha value is -2.69. The van der Waals surface area contributed by atoms with Gasteiger partial charge in [-0.05, 0) is 35.7 Å². The lowest BCUT2D eigenvalue weighted by Crippen LogP contribution is -2.33. The summed E-state index contributed by atoms with van der Waals surface area (Å²) < 4.78 is 27.6. The van der Waals surface area contributed by atoms with Crippen LogP contribution in [-0.2, 0) is 4.79 Å². The molecule has 5 heteroatoms. The summed E-state index contributed by atoms with van der Waals surface area (Å²) >= 11 is 0. The first-order chi connectivity index (χ1) is 12.0. The maximum absolute atomic E-state index is 13.8. The van der Waals surface area contributed by atoms with E-state index >= 15 is 0 Å². The number of hydrogen-bond donors (Lipinski definition) is 2. The van der Waals surface area contributed by atoms with E-state index in [2.05, 4.69) is 10.6 Å². The van der Waals surface area contributed by atoms with Crippen molar-refractivity contribution in [2.45, 2.75) is 19.4 Å². The fraction of sp³-hybridized carbons (Fsp3) is 0.250. The molecular formula is C20H18F2N2O. The molecule has 0 spiro atoms. The molecule has 2 N–H and O–H groups in total. The fourth-order valence-corrected chi connectivity index (χ4v) is 3.73. The number of hydrogen-bond acceptors (Lipinski definition) is 3. The highest BCUT2D eigenvalue weighted by atomic mass is 19.1. The van der Waals surface area contributed by atoms with Crippen LogP contribution in [0, 0.1) is 23.5 Å². The zero-order chi connectivity index (χ0) is 17.6. The molecule has 0 amide bonds. The highest BCUT2D eigenvalue weighted by Gasteiger charge is 2.38. The highest BCUT2D eigenvalue weighted by Crippen LogP contribution is 2.42. The second-order valence-electron chi connectivity index (χ2n) is 6.74. The topological polar surface area (TPSA) is 41.1 Å². The van der Waals surface area contributed by atoms with Crippen LogP contribution >= 0.6 is 0 Å². The number of benzene rings is 2. The van der Waals surface area contributed by atoms with E-state index < -0.39 is 23.6 Å². The molecule has 1 heterocycles. The van der Waals surface area contributed by atoms with Crippen molar-refractivity contribution in [2.24, 2.45) is 11.8 Å². The SMILES string of the molecule is C[C@@H]1C=C2Nc3ccccc3N[C@H](c3cc(F)cc(F)c3)[C@H]2C(=O)C1. The Balaban J connectivity index is 1.88. The minimum absolute atomic E-state index is 0.0625. The van der Waals surface area contributed by atoms with E-state index in [4.69, 9.17) is 0 Å². The molecule has 1 aliphatic carbocycles. The molecule has 1 aliphatic heterocycles. The molecule has 3 atom stereocenters. The lowest BCUT2D eigenvalue weighted by Gasteiger charge is -2.31. The summed E-state index contributed by atoms with van der Waals surface area (Å²) in [6.45, 7) is 1.99. The zero-order valence-corrected chi connectivity index (χ0v) is 13.7. The molecule has 0 saturated heterocycles. The number of rotatable bonds is 1. The number of Topliss-reactive ketones (excluding diaryl/α,β-unsaturated/α-hetero) is 1.